The lowest BCUT2D eigenvalue weighted by Crippen LogP contribution is -2.59. The maximum atomic E-state index is 12.4. The quantitative estimate of drug-likeness (QED) is 0.864. The molecule has 5 heteroatoms. The van der Waals surface area contributed by atoms with Gasteiger partial charge in [-0.1, -0.05) is 20.8 Å². The summed E-state index contributed by atoms with van der Waals surface area (Å²) in [6, 6.07) is 0. The molecule has 0 aromatic rings. The van der Waals surface area contributed by atoms with Crippen molar-refractivity contribution in [3.63, 3.8) is 0 Å². The van der Waals surface area contributed by atoms with Crippen molar-refractivity contribution >= 4 is 11.8 Å². The monoisotopic (exact) mass is 323 g/mol. The Morgan fingerprint density at radius 1 is 1.13 bits per heavy atom. The van der Waals surface area contributed by atoms with Crippen molar-refractivity contribution in [1.29, 1.82) is 0 Å². The predicted molar refractivity (Wildman–Crippen MR) is 91.8 cm³/mol. The Morgan fingerprint density at radius 2 is 1.74 bits per heavy atom. The number of likely N-dealkylation sites (tertiary alicyclic amines) is 2. The van der Waals surface area contributed by atoms with Crippen LogP contribution in [-0.4, -0.2) is 53.3 Å². The first-order valence-corrected chi connectivity index (χ1v) is 8.99. The average molecular weight is 323 g/mol. The van der Waals surface area contributed by atoms with Crippen LogP contribution in [0.15, 0.2) is 0 Å². The minimum absolute atomic E-state index is 0.197. The molecule has 2 aliphatic heterocycles. The summed E-state index contributed by atoms with van der Waals surface area (Å²) in [6.45, 7) is 11.5. The number of nitrogens with zero attached hydrogens (tertiary/aromatic N) is 2. The molecule has 2 aliphatic rings. The molecular formula is C18H33N3O2. The van der Waals surface area contributed by atoms with Gasteiger partial charge in [0.1, 0.15) is 0 Å². The molecule has 0 saturated carbocycles. The molecule has 5 nitrogen and oxygen atoms in total. The first kappa shape index (κ1) is 18.2. The number of carbonyl (C=O) groups excluding carboxylic acids is 2. The van der Waals surface area contributed by atoms with Gasteiger partial charge in [-0.25, -0.2) is 0 Å². The highest BCUT2D eigenvalue weighted by Crippen LogP contribution is 2.31. The third kappa shape index (κ3) is 4.06. The Morgan fingerprint density at radius 3 is 2.26 bits per heavy atom. The number of piperidine rings is 2. The number of carbonyl (C=O) groups is 2. The summed E-state index contributed by atoms with van der Waals surface area (Å²) >= 11 is 0. The largest absolute Gasteiger partial charge is 0.368 e. The van der Waals surface area contributed by atoms with Crippen LogP contribution in [0.2, 0.25) is 0 Å². The molecule has 2 amide bonds. The van der Waals surface area contributed by atoms with Crippen molar-refractivity contribution in [3.8, 4) is 0 Å². The molecule has 1 unspecified atom stereocenters. The van der Waals surface area contributed by atoms with Gasteiger partial charge in [0.15, 0.2) is 0 Å². The van der Waals surface area contributed by atoms with Gasteiger partial charge < -0.3 is 10.6 Å². The van der Waals surface area contributed by atoms with Crippen LogP contribution in [0.5, 0.6) is 0 Å². The number of hydrogen-bond donors (Lipinski definition) is 1. The minimum Gasteiger partial charge on any atom is -0.368 e. The lowest BCUT2D eigenvalue weighted by atomic mass is 9.85. The van der Waals surface area contributed by atoms with Gasteiger partial charge in [-0.05, 0) is 51.5 Å². The summed E-state index contributed by atoms with van der Waals surface area (Å²) in [6.07, 6.45) is 5.13. The van der Waals surface area contributed by atoms with E-state index in [0.29, 0.717) is 5.92 Å². The van der Waals surface area contributed by atoms with Crippen molar-refractivity contribution < 1.29 is 9.59 Å². The van der Waals surface area contributed by atoms with E-state index in [1.807, 2.05) is 32.6 Å². The van der Waals surface area contributed by atoms with Crippen molar-refractivity contribution in [3.05, 3.63) is 0 Å². The predicted octanol–water partition coefficient (Wildman–Crippen LogP) is 2.00. The SMILES string of the molecule is CC(C)(C)C(=O)N1CCC(CN2CCCCC2(C)C(N)=O)CC1. The van der Waals surface area contributed by atoms with E-state index in [4.69, 9.17) is 5.73 Å². The summed E-state index contributed by atoms with van der Waals surface area (Å²) in [5.41, 5.74) is 4.88. The van der Waals surface area contributed by atoms with Gasteiger partial charge in [0, 0.05) is 25.0 Å². The van der Waals surface area contributed by atoms with Crippen LogP contribution in [0, 0.1) is 11.3 Å². The van der Waals surface area contributed by atoms with Crippen LogP contribution in [0.4, 0.5) is 0 Å². The fraction of sp³-hybridized carbons (Fsp3) is 0.889. The van der Waals surface area contributed by atoms with Gasteiger partial charge in [-0.15, -0.1) is 0 Å². The minimum atomic E-state index is -0.489. The second-order valence-corrected chi connectivity index (χ2v) is 8.53. The lowest BCUT2D eigenvalue weighted by Gasteiger charge is -2.45. The van der Waals surface area contributed by atoms with Crippen molar-refractivity contribution in [1.82, 2.24) is 9.80 Å². The second kappa shape index (κ2) is 6.80. The Hall–Kier alpha value is -1.10. The smallest absolute Gasteiger partial charge is 0.237 e. The number of amides is 2. The Bertz CT molecular complexity index is 450. The zero-order chi connectivity index (χ0) is 17.3. The molecule has 1 atom stereocenters. The van der Waals surface area contributed by atoms with E-state index in [2.05, 4.69) is 4.90 Å². The molecule has 0 spiro atoms. The number of nitrogens with two attached hydrogens (primary N) is 1. The molecule has 0 aromatic carbocycles. The van der Waals surface area contributed by atoms with E-state index < -0.39 is 5.54 Å². The van der Waals surface area contributed by atoms with E-state index in [0.717, 1.165) is 58.3 Å². The van der Waals surface area contributed by atoms with Gasteiger partial charge in [0.2, 0.25) is 11.8 Å². The fourth-order valence-corrected chi connectivity index (χ4v) is 3.85. The Kier molecular flexibility index (Phi) is 5.39. The van der Waals surface area contributed by atoms with Gasteiger partial charge in [0.25, 0.3) is 0 Å². The molecule has 0 aromatic heterocycles. The Labute approximate surface area is 140 Å². The van der Waals surface area contributed by atoms with Crippen LogP contribution in [-0.2, 0) is 9.59 Å². The summed E-state index contributed by atoms with van der Waals surface area (Å²) in [5.74, 6) is 0.601. The third-order valence-corrected chi connectivity index (χ3v) is 5.59. The van der Waals surface area contributed by atoms with Crippen LogP contribution in [0.25, 0.3) is 0 Å². The molecule has 2 N–H and O–H groups in total. The molecule has 0 aliphatic carbocycles. The molecule has 0 radical (unpaired) electrons. The van der Waals surface area contributed by atoms with E-state index in [1.165, 1.54) is 0 Å². The first-order chi connectivity index (χ1) is 10.6. The summed E-state index contributed by atoms with van der Waals surface area (Å²) in [7, 11) is 0. The van der Waals surface area contributed by atoms with E-state index >= 15 is 0 Å². The summed E-state index contributed by atoms with van der Waals surface area (Å²) in [4.78, 5) is 28.6. The first-order valence-electron chi connectivity index (χ1n) is 8.99. The van der Waals surface area contributed by atoms with E-state index in [1.54, 1.807) is 0 Å². The van der Waals surface area contributed by atoms with Gasteiger partial charge in [-0.3, -0.25) is 14.5 Å². The normalized spacial score (nSPS) is 27.9. The number of primary amides is 1. The van der Waals surface area contributed by atoms with Crippen LogP contribution in [0.1, 0.15) is 59.8 Å². The summed E-state index contributed by atoms with van der Waals surface area (Å²) < 4.78 is 0. The van der Waals surface area contributed by atoms with Crippen LogP contribution >= 0.6 is 0 Å². The Balaban J connectivity index is 1.91. The topological polar surface area (TPSA) is 66.6 Å². The van der Waals surface area contributed by atoms with Crippen molar-refractivity contribution in [2.24, 2.45) is 17.1 Å². The fourth-order valence-electron chi connectivity index (χ4n) is 3.85. The third-order valence-electron chi connectivity index (χ3n) is 5.59. The van der Waals surface area contributed by atoms with Crippen molar-refractivity contribution in [2.45, 2.75) is 65.3 Å². The zero-order valence-electron chi connectivity index (χ0n) is 15.2. The van der Waals surface area contributed by atoms with Crippen LogP contribution < -0.4 is 5.73 Å². The average Bonchev–Trinajstić information content (AvgIpc) is 2.48. The molecular weight excluding hydrogens is 290 g/mol. The van der Waals surface area contributed by atoms with E-state index in [-0.39, 0.29) is 17.2 Å². The number of rotatable bonds is 3. The standard InChI is InChI=1S/C18H33N3O2/c1-17(2,3)16(23)20-11-7-14(8-12-20)13-21-10-6-5-9-18(21,4)15(19)22/h14H,5-13H2,1-4H3,(H2,19,22). The van der Waals surface area contributed by atoms with E-state index in [9.17, 15) is 9.59 Å². The highest BCUT2D eigenvalue weighted by Gasteiger charge is 2.41. The molecule has 23 heavy (non-hydrogen) atoms. The zero-order valence-corrected chi connectivity index (χ0v) is 15.2. The number of hydrogen-bond acceptors (Lipinski definition) is 3. The molecule has 0 bridgehead atoms. The molecule has 2 rings (SSSR count). The highest BCUT2D eigenvalue weighted by molar-refractivity contribution is 5.84. The van der Waals surface area contributed by atoms with Gasteiger partial charge in [-0.2, -0.15) is 0 Å². The molecule has 2 fully saturated rings. The lowest BCUT2D eigenvalue weighted by molar-refractivity contribution is -0.141. The molecule has 2 saturated heterocycles. The molecule has 132 valence electrons. The maximum Gasteiger partial charge on any atom is 0.237 e. The maximum absolute atomic E-state index is 12.4. The van der Waals surface area contributed by atoms with Crippen molar-refractivity contribution in [2.75, 3.05) is 26.2 Å². The van der Waals surface area contributed by atoms with Gasteiger partial charge in [0.05, 0.1) is 5.54 Å². The van der Waals surface area contributed by atoms with Crippen LogP contribution in [0.3, 0.4) is 0 Å². The second-order valence-electron chi connectivity index (χ2n) is 8.53. The highest BCUT2D eigenvalue weighted by atomic mass is 16.2. The summed E-state index contributed by atoms with van der Waals surface area (Å²) in [5, 5.41) is 0. The molecule has 2 heterocycles. The van der Waals surface area contributed by atoms with Gasteiger partial charge >= 0.3 is 0 Å².